The summed E-state index contributed by atoms with van der Waals surface area (Å²) in [5, 5.41) is 16.0. The van der Waals surface area contributed by atoms with E-state index in [1.54, 1.807) is 12.1 Å². The van der Waals surface area contributed by atoms with Gasteiger partial charge in [-0.05, 0) is 18.2 Å². The van der Waals surface area contributed by atoms with Crippen molar-refractivity contribution in [3.63, 3.8) is 0 Å². The molecule has 0 saturated carbocycles. The molecule has 24 heavy (non-hydrogen) atoms. The van der Waals surface area contributed by atoms with Gasteiger partial charge < -0.3 is 15.7 Å². The molecule has 1 aromatic heterocycles. The Bertz CT molecular complexity index is 798. The zero-order valence-electron chi connectivity index (χ0n) is 12.7. The highest BCUT2D eigenvalue weighted by Gasteiger charge is 2.25. The number of carbonyl (C=O) groups excluding carboxylic acids is 1. The van der Waals surface area contributed by atoms with Crippen LogP contribution in [-0.2, 0) is 11.3 Å². The van der Waals surface area contributed by atoms with Crippen LogP contribution in [0.2, 0.25) is 0 Å². The number of aromatic nitrogens is 2. The molecule has 0 bridgehead atoms. The van der Waals surface area contributed by atoms with Crippen molar-refractivity contribution in [1.82, 2.24) is 20.2 Å². The Labute approximate surface area is 153 Å². The maximum absolute atomic E-state index is 12.4. The lowest BCUT2D eigenvalue weighted by molar-refractivity contribution is -0.122. The average Bonchev–Trinajstić information content (AvgIpc) is 2.94. The van der Waals surface area contributed by atoms with Crippen molar-refractivity contribution in [2.75, 3.05) is 19.6 Å². The summed E-state index contributed by atoms with van der Waals surface area (Å²) in [6.07, 6.45) is 0.933. The molecule has 2 atom stereocenters. The number of rotatable bonds is 4. The second-order valence-electron chi connectivity index (χ2n) is 5.63. The van der Waals surface area contributed by atoms with Crippen LogP contribution in [0.4, 0.5) is 0 Å². The van der Waals surface area contributed by atoms with Crippen LogP contribution < -0.4 is 16.2 Å². The maximum atomic E-state index is 12.4. The Morgan fingerprint density at radius 3 is 2.96 bits per heavy atom. The summed E-state index contributed by atoms with van der Waals surface area (Å²) < 4.78 is 2.07. The SMILES string of the molecule is Cl.O=C(Cn1cnc2ccc(Br)cc2c1=O)NCC1CNCC1O. The molecular weight excluding hydrogens is 400 g/mol. The number of benzene rings is 1. The van der Waals surface area contributed by atoms with Crippen molar-refractivity contribution >= 4 is 45.1 Å². The van der Waals surface area contributed by atoms with E-state index in [9.17, 15) is 14.7 Å². The van der Waals surface area contributed by atoms with E-state index in [1.807, 2.05) is 6.07 Å². The lowest BCUT2D eigenvalue weighted by atomic mass is 10.1. The summed E-state index contributed by atoms with van der Waals surface area (Å²) in [5.74, 6) is -0.274. The first kappa shape index (κ1) is 18.9. The third-order valence-corrected chi connectivity index (χ3v) is 4.46. The van der Waals surface area contributed by atoms with Gasteiger partial charge in [-0.15, -0.1) is 12.4 Å². The van der Waals surface area contributed by atoms with Gasteiger partial charge in [0.1, 0.15) is 6.54 Å². The summed E-state index contributed by atoms with van der Waals surface area (Å²) in [6.45, 7) is 1.51. The number of amides is 1. The quantitative estimate of drug-likeness (QED) is 0.664. The van der Waals surface area contributed by atoms with Crippen LogP contribution in [0.3, 0.4) is 0 Å². The molecule has 1 amide bonds. The van der Waals surface area contributed by atoms with Gasteiger partial charge in [0.25, 0.3) is 5.56 Å². The van der Waals surface area contributed by atoms with Crippen molar-refractivity contribution in [2.45, 2.75) is 12.6 Å². The van der Waals surface area contributed by atoms with Gasteiger partial charge in [0.15, 0.2) is 0 Å². The fraction of sp³-hybridized carbons (Fsp3) is 0.400. The van der Waals surface area contributed by atoms with Gasteiger partial charge in [0, 0.05) is 30.0 Å². The maximum Gasteiger partial charge on any atom is 0.261 e. The fourth-order valence-electron chi connectivity index (χ4n) is 2.63. The summed E-state index contributed by atoms with van der Waals surface area (Å²) >= 11 is 3.33. The molecule has 0 spiro atoms. The summed E-state index contributed by atoms with van der Waals surface area (Å²) in [6, 6.07) is 5.26. The minimum Gasteiger partial charge on any atom is -0.391 e. The highest BCUT2D eigenvalue weighted by molar-refractivity contribution is 9.10. The van der Waals surface area contributed by atoms with Crippen LogP contribution in [0.1, 0.15) is 0 Å². The van der Waals surface area contributed by atoms with Gasteiger partial charge in [-0.25, -0.2) is 4.98 Å². The topological polar surface area (TPSA) is 96.2 Å². The van der Waals surface area contributed by atoms with Gasteiger partial charge in [-0.3, -0.25) is 14.2 Å². The Morgan fingerprint density at radius 1 is 1.46 bits per heavy atom. The third-order valence-electron chi connectivity index (χ3n) is 3.97. The number of nitrogens with zero attached hydrogens (tertiary/aromatic N) is 2. The first-order valence-electron chi connectivity index (χ1n) is 7.35. The zero-order valence-corrected chi connectivity index (χ0v) is 15.1. The van der Waals surface area contributed by atoms with Crippen LogP contribution in [0.15, 0.2) is 33.8 Å². The van der Waals surface area contributed by atoms with E-state index in [2.05, 4.69) is 31.5 Å². The summed E-state index contributed by atoms with van der Waals surface area (Å²) in [7, 11) is 0. The van der Waals surface area contributed by atoms with E-state index in [-0.39, 0.29) is 36.3 Å². The molecule has 2 heterocycles. The first-order chi connectivity index (χ1) is 11.0. The summed E-state index contributed by atoms with van der Waals surface area (Å²) in [5.41, 5.74) is 0.337. The molecule has 3 rings (SSSR count). The lowest BCUT2D eigenvalue weighted by Crippen LogP contribution is -2.37. The minimum atomic E-state index is -0.447. The number of hydrogen-bond acceptors (Lipinski definition) is 5. The molecule has 3 N–H and O–H groups in total. The fourth-order valence-corrected chi connectivity index (χ4v) is 2.99. The zero-order chi connectivity index (χ0) is 16.4. The molecule has 1 aliphatic heterocycles. The number of halogens is 2. The number of carbonyl (C=O) groups is 1. The number of aliphatic hydroxyl groups is 1. The second kappa shape index (κ2) is 8.06. The molecular formula is C15H18BrClN4O3. The van der Waals surface area contributed by atoms with Gasteiger partial charge in [-0.1, -0.05) is 15.9 Å². The molecule has 2 unspecified atom stereocenters. The van der Waals surface area contributed by atoms with Crippen molar-refractivity contribution < 1.29 is 9.90 Å². The Hall–Kier alpha value is -1.48. The van der Waals surface area contributed by atoms with E-state index in [4.69, 9.17) is 0 Å². The van der Waals surface area contributed by atoms with Gasteiger partial charge in [0.05, 0.1) is 23.3 Å². The number of nitrogens with one attached hydrogen (secondary N) is 2. The smallest absolute Gasteiger partial charge is 0.261 e. The van der Waals surface area contributed by atoms with Crippen LogP contribution >= 0.6 is 28.3 Å². The minimum absolute atomic E-state index is 0. The molecule has 0 aliphatic carbocycles. The Kier molecular flexibility index (Phi) is 6.34. The average molecular weight is 418 g/mol. The normalized spacial score (nSPS) is 19.9. The van der Waals surface area contributed by atoms with Crippen LogP contribution in [0.5, 0.6) is 0 Å². The van der Waals surface area contributed by atoms with E-state index < -0.39 is 6.10 Å². The van der Waals surface area contributed by atoms with E-state index in [1.165, 1.54) is 10.9 Å². The van der Waals surface area contributed by atoms with Crippen LogP contribution in [0.25, 0.3) is 10.9 Å². The number of fused-ring (bicyclic) bond motifs is 1. The predicted octanol–water partition coefficient (Wildman–Crippen LogP) is 0.277. The van der Waals surface area contributed by atoms with Crippen molar-refractivity contribution in [3.05, 3.63) is 39.4 Å². The molecule has 130 valence electrons. The monoisotopic (exact) mass is 416 g/mol. The molecule has 7 nitrogen and oxygen atoms in total. The Balaban J connectivity index is 0.00000208. The summed E-state index contributed by atoms with van der Waals surface area (Å²) in [4.78, 5) is 28.6. The van der Waals surface area contributed by atoms with Crippen LogP contribution in [0, 0.1) is 5.92 Å². The second-order valence-corrected chi connectivity index (χ2v) is 6.54. The van der Waals surface area contributed by atoms with E-state index in [0.29, 0.717) is 30.5 Å². The molecule has 1 aliphatic rings. The molecule has 1 fully saturated rings. The largest absolute Gasteiger partial charge is 0.391 e. The van der Waals surface area contributed by atoms with E-state index in [0.717, 1.165) is 4.47 Å². The third kappa shape index (κ3) is 4.13. The molecule has 9 heteroatoms. The first-order valence-corrected chi connectivity index (χ1v) is 8.14. The van der Waals surface area contributed by atoms with Crippen LogP contribution in [-0.4, -0.2) is 46.3 Å². The number of β-amino-alcohol motifs (C(OH)–C–C–N with tert-alkyl or cyclic N) is 1. The van der Waals surface area contributed by atoms with Gasteiger partial charge in [-0.2, -0.15) is 0 Å². The predicted molar refractivity (Wildman–Crippen MR) is 96.3 cm³/mol. The molecule has 1 aromatic carbocycles. The van der Waals surface area contributed by atoms with E-state index >= 15 is 0 Å². The van der Waals surface area contributed by atoms with Gasteiger partial charge >= 0.3 is 0 Å². The molecule has 2 aromatic rings. The molecule has 0 radical (unpaired) electrons. The van der Waals surface area contributed by atoms with Gasteiger partial charge in [0.2, 0.25) is 5.91 Å². The molecule has 1 saturated heterocycles. The van der Waals surface area contributed by atoms with Crippen molar-refractivity contribution in [1.29, 1.82) is 0 Å². The lowest BCUT2D eigenvalue weighted by Gasteiger charge is -2.14. The van der Waals surface area contributed by atoms with Crippen molar-refractivity contribution in [2.24, 2.45) is 5.92 Å². The Morgan fingerprint density at radius 2 is 2.25 bits per heavy atom. The standard InChI is InChI=1S/C15H17BrN4O3.ClH/c16-10-1-2-12-11(3-10)15(23)20(8-19-12)7-14(22)18-5-9-4-17-6-13(9)21;/h1-3,8-9,13,17,21H,4-7H2,(H,18,22);1H. The number of hydrogen-bond donors (Lipinski definition) is 3. The highest BCUT2D eigenvalue weighted by atomic mass is 79.9. The number of aliphatic hydroxyl groups excluding tert-OH is 1. The highest BCUT2D eigenvalue weighted by Crippen LogP contribution is 2.14. The van der Waals surface area contributed by atoms with Crippen molar-refractivity contribution in [3.8, 4) is 0 Å².